The highest BCUT2D eigenvalue weighted by atomic mass is 19.4. The number of anilines is 1. The molecule has 0 aromatic heterocycles. The summed E-state index contributed by atoms with van der Waals surface area (Å²) in [5, 5.41) is 9.11. The fraction of sp³-hybridized carbons (Fsp3) is 0.481. The molecule has 0 bridgehead atoms. The molecule has 8 heteroatoms. The summed E-state index contributed by atoms with van der Waals surface area (Å²) >= 11 is 0. The Labute approximate surface area is 204 Å². The van der Waals surface area contributed by atoms with Crippen LogP contribution in [0.25, 0.3) is 0 Å². The number of hydrogen-bond donors (Lipinski definition) is 0. The number of aryl methyl sites for hydroxylation is 1. The van der Waals surface area contributed by atoms with Crippen LogP contribution in [-0.2, 0) is 22.1 Å². The van der Waals surface area contributed by atoms with E-state index < -0.39 is 11.7 Å². The van der Waals surface area contributed by atoms with E-state index in [4.69, 9.17) is 10.00 Å². The molecule has 1 amide bonds. The molecule has 35 heavy (non-hydrogen) atoms. The van der Waals surface area contributed by atoms with Crippen LogP contribution in [0.15, 0.2) is 42.5 Å². The summed E-state index contributed by atoms with van der Waals surface area (Å²) in [7, 11) is 1.64. The fourth-order valence-electron chi connectivity index (χ4n) is 5.48. The number of carbonyl (C=O) groups is 1. The van der Waals surface area contributed by atoms with Gasteiger partial charge in [0.15, 0.2) is 0 Å². The van der Waals surface area contributed by atoms with Crippen molar-refractivity contribution >= 4 is 11.6 Å². The second-order valence-corrected chi connectivity index (χ2v) is 9.78. The smallest absolute Gasteiger partial charge is 0.384 e. The molecular formula is C27H30F3N3O2. The van der Waals surface area contributed by atoms with E-state index in [1.54, 1.807) is 19.2 Å². The van der Waals surface area contributed by atoms with Gasteiger partial charge in [0, 0.05) is 44.9 Å². The molecule has 0 radical (unpaired) electrons. The second-order valence-electron chi connectivity index (χ2n) is 9.78. The molecule has 2 heterocycles. The van der Waals surface area contributed by atoms with Crippen LogP contribution in [0.1, 0.15) is 35.1 Å². The lowest BCUT2D eigenvalue weighted by atomic mass is 9.71. The van der Waals surface area contributed by atoms with Crippen LogP contribution in [-0.4, -0.2) is 50.7 Å². The molecule has 1 unspecified atom stereocenters. The molecule has 2 aromatic carbocycles. The van der Waals surface area contributed by atoms with E-state index in [1.165, 1.54) is 6.07 Å². The molecule has 2 aliphatic rings. The van der Waals surface area contributed by atoms with Gasteiger partial charge in [-0.25, -0.2) is 0 Å². The van der Waals surface area contributed by atoms with Crippen LogP contribution >= 0.6 is 0 Å². The summed E-state index contributed by atoms with van der Waals surface area (Å²) < 4.78 is 46.0. The minimum Gasteiger partial charge on any atom is -0.384 e. The number of piperidine rings is 1. The predicted octanol–water partition coefficient (Wildman–Crippen LogP) is 4.82. The minimum atomic E-state index is -4.59. The fourth-order valence-corrected chi connectivity index (χ4v) is 5.48. The van der Waals surface area contributed by atoms with E-state index in [9.17, 15) is 18.0 Å². The van der Waals surface area contributed by atoms with E-state index in [-0.39, 0.29) is 22.8 Å². The maximum Gasteiger partial charge on any atom is 0.417 e. The number of amides is 1. The standard InChI is InChI=1S/C27H30F3N3O2/c1-19-3-5-20(6-4-19)13-25(34)32-11-9-26(10-12-32)18-33(16-22(26)17-35-2)23-8-7-21(15-31)24(14-23)27(28,29)30/h3-8,14,22H,9-13,16-18H2,1-2H3. The third kappa shape index (κ3) is 5.30. The average Bonchev–Trinajstić information content (AvgIpc) is 3.17. The summed E-state index contributed by atoms with van der Waals surface area (Å²) in [4.78, 5) is 16.8. The van der Waals surface area contributed by atoms with Crippen LogP contribution in [0.3, 0.4) is 0 Å². The van der Waals surface area contributed by atoms with Gasteiger partial charge in [0.2, 0.25) is 5.91 Å². The first-order valence-corrected chi connectivity index (χ1v) is 11.8. The molecule has 0 saturated carbocycles. The Morgan fingerprint density at radius 3 is 2.46 bits per heavy atom. The first-order chi connectivity index (χ1) is 16.6. The lowest BCUT2D eigenvalue weighted by molar-refractivity contribution is -0.137. The van der Waals surface area contributed by atoms with Crippen LogP contribution in [0.5, 0.6) is 0 Å². The molecular weight excluding hydrogens is 455 g/mol. The summed E-state index contributed by atoms with van der Waals surface area (Å²) in [5.74, 6) is 0.246. The van der Waals surface area contributed by atoms with Gasteiger partial charge in [-0.05, 0) is 48.9 Å². The highest BCUT2D eigenvalue weighted by Gasteiger charge is 2.48. The van der Waals surface area contributed by atoms with Gasteiger partial charge in [0.05, 0.1) is 30.2 Å². The minimum absolute atomic E-state index is 0.101. The van der Waals surface area contributed by atoms with Gasteiger partial charge >= 0.3 is 6.18 Å². The molecule has 4 rings (SSSR count). The Morgan fingerprint density at radius 2 is 1.86 bits per heavy atom. The van der Waals surface area contributed by atoms with Gasteiger partial charge in [0.1, 0.15) is 0 Å². The third-order valence-electron chi connectivity index (χ3n) is 7.56. The Morgan fingerprint density at radius 1 is 1.17 bits per heavy atom. The molecule has 2 saturated heterocycles. The zero-order valence-electron chi connectivity index (χ0n) is 20.1. The molecule has 2 fully saturated rings. The van der Waals surface area contributed by atoms with Crippen LogP contribution in [0.2, 0.25) is 0 Å². The van der Waals surface area contributed by atoms with Gasteiger partial charge < -0.3 is 14.5 Å². The highest BCUT2D eigenvalue weighted by Crippen LogP contribution is 2.47. The van der Waals surface area contributed by atoms with Crippen LogP contribution < -0.4 is 4.90 Å². The third-order valence-corrected chi connectivity index (χ3v) is 7.56. The van der Waals surface area contributed by atoms with E-state index in [2.05, 4.69) is 0 Å². The van der Waals surface area contributed by atoms with Crippen molar-refractivity contribution in [2.45, 2.75) is 32.4 Å². The molecule has 1 spiro atoms. The second kappa shape index (κ2) is 9.90. The zero-order valence-corrected chi connectivity index (χ0v) is 20.1. The van der Waals surface area contributed by atoms with Crippen LogP contribution in [0.4, 0.5) is 18.9 Å². The SMILES string of the molecule is COCC1CN(c2ccc(C#N)c(C(F)(F)F)c2)CC12CCN(C(=O)Cc1ccc(C)cc1)CC2. The lowest BCUT2D eigenvalue weighted by Crippen LogP contribution is -2.47. The van der Waals surface area contributed by atoms with E-state index in [0.717, 1.165) is 30.0 Å². The average molecular weight is 486 g/mol. The number of nitriles is 1. The summed E-state index contributed by atoms with van der Waals surface area (Å²) in [6.07, 6.45) is -2.67. The molecule has 0 aliphatic carbocycles. The lowest BCUT2D eigenvalue weighted by Gasteiger charge is -2.42. The largest absolute Gasteiger partial charge is 0.417 e. The van der Waals surface area contributed by atoms with Crippen molar-refractivity contribution in [1.82, 2.24) is 4.90 Å². The normalized spacial score (nSPS) is 19.7. The number of alkyl halides is 3. The van der Waals surface area contributed by atoms with Crippen molar-refractivity contribution < 1.29 is 22.7 Å². The molecule has 186 valence electrons. The first-order valence-electron chi connectivity index (χ1n) is 11.8. The van der Waals surface area contributed by atoms with Gasteiger partial charge in [-0.2, -0.15) is 18.4 Å². The van der Waals surface area contributed by atoms with E-state index >= 15 is 0 Å². The summed E-state index contributed by atoms with van der Waals surface area (Å²) in [6.45, 7) is 4.95. The molecule has 0 N–H and O–H groups in total. The number of methoxy groups -OCH3 is 1. The quantitative estimate of drug-likeness (QED) is 0.610. The van der Waals surface area contributed by atoms with Crippen molar-refractivity contribution in [2.24, 2.45) is 11.3 Å². The number of ether oxygens (including phenoxy) is 1. The maximum atomic E-state index is 13.5. The first kappa shape index (κ1) is 25.1. The Hall–Kier alpha value is -3.05. The number of carbonyl (C=O) groups excluding carboxylic acids is 1. The highest BCUT2D eigenvalue weighted by molar-refractivity contribution is 5.79. The molecule has 2 aliphatic heterocycles. The number of benzene rings is 2. The summed E-state index contributed by atoms with van der Waals surface area (Å²) in [6, 6.07) is 13.5. The van der Waals surface area contributed by atoms with E-state index in [1.807, 2.05) is 41.0 Å². The van der Waals surface area contributed by atoms with Crippen LogP contribution in [0, 0.1) is 29.6 Å². The summed E-state index contributed by atoms with van der Waals surface area (Å²) in [5.41, 5.74) is 1.20. The number of likely N-dealkylation sites (tertiary alicyclic amines) is 1. The maximum absolute atomic E-state index is 13.5. The van der Waals surface area contributed by atoms with Crippen molar-refractivity contribution in [3.63, 3.8) is 0 Å². The molecule has 5 nitrogen and oxygen atoms in total. The van der Waals surface area contributed by atoms with E-state index in [0.29, 0.717) is 44.9 Å². The van der Waals surface area contributed by atoms with Gasteiger partial charge in [-0.1, -0.05) is 29.8 Å². The Balaban J connectivity index is 1.48. The number of hydrogen-bond acceptors (Lipinski definition) is 4. The van der Waals surface area contributed by atoms with Gasteiger partial charge in [-0.3, -0.25) is 4.79 Å². The monoisotopic (exact) mass is 485 g/mol. The Bertz CT molecular complexity index is 1100. The zero-order chi connectivity index (χ0) is 25.2. The topological polar surface area (TPSA) is 56.6 Å². The van der Waals surface area contributed by atoms with Crippen molar-refractivity contribution in [3.05, 3.63) is 64.7 Å². The number of rotatable bonds is 5. The number of halogens is 3. The van der Waals surface area contributed by atoms with Gasteiger partial charge in [0.25, 0.3) is 0 Å². The van der Waals surface area contributed by atoms with Crippen molar-refractivity contribution in [2.75, 3.05) is 44.8 Å². The Kier molecular flexibility index (Phi) is 7.09. The number of nitrogens with zero attached hydrogens (tertiary/aromatic N) is 3. The molecule has 1 atom stereocenters. The predicted molar refractivity (Wildman–Crippen MR) is 127 cm³/mol. The molecule has 2 aromatic rings. The van der Waals surface area contributed by atoms with Gasteiger partial charge in [-0.15, -0.1) is 0 Å². The van der Waals surface area contributed by atoms with Crippen molar-refractivity contribution in [3.8, 4) is 6.07 Å². The van der Waals surface area contributed by atoms with Crippen molar-refractivity contribution in [1.29, 1.82) is 5.26 Å².